The highest BCUT2D eigenvalue weighted by Gasteiger charge is 2.25. The molecule has 0 fully saturated rings. The van der Waals surface area contributed by atoms with E-state index < -0.39 is 17.2 Å². The van der Waals surface area contributed by atoms with Crippen molar-refractivity contribution in [2.24, 2.45) is 0 Å². The van der Waals surface area contributed by atoms with Gasteiger partial charge in [0.05, 0.1) is 19.1 Å². The van der Waals surface area contributed by atoms with Crippen LogP contribution in [0.2, 0.25) is 0 Å². The van der Waals surface area contributed by atoms with Gasteiger partial charge in [-0.1, -0.05) is 0 Å². The summed E-state index contributed by atoms with van der Waals surface area (Å²) >= 11 is 0. The van der Waals surface area contributed by atoms with Crippen LogP contribution in [0.25, 0.3) is 0 Å². The number of nitro benzene ring substituents is 1. The molecule has 0 aliphatic carbocycles. The van der Waals surface area contributed by atoms with E-state index in [0.717, 1.165) is 7.11 Å². The lowest BCUT2D eigenvalue weighted by atomic mass is 10.3. The summed E-state index contributed by atoms with van der Waals surface area (Å²) < 4.78 is 19.3. The van der Waals surface area contributed by atoms with Crippen LogP contribution in [0.1, 0.15) is 0 Å². The fourth-order valence-electron chi connectivity index (χ4n) is 1.27. The maximum Gasteiger partial charge on any atom is 0.376 e. The quantitative estimate of drug-likeness (QED) is 0.331. The lowest BCUT2D eigenvalue weighted by Crippen LogP contribution is -2.30. The summed E-state index contributed by atoms with van der Waals surface area (Å²) in [5, 5.41) is 10.9. The average molecular weight is 271 g/mol. The van der Waals surface area contributed by atoms with Gasteiger partial charge in [-0.2, -0.15) is 0 Å². The first-order chi connectivity index (χ1) is 9.03. The van der Waals surface area contributed by atoms with Gasteiger partial charge in [0.25, 0.3) is 6.29 Å². The zero-order chi connectivity index (χ0) is 14.4. The zero-order valence-electron chi connectivity index (χ0n) is 10.6. The Balaban J connectivity index is 3.08. The van der Waals surface area contributed by atoms with E-state index in [9.17, 15) is 14.9 Å². The van der Waals surface area contributed by atoms with Crippen LogP contribution in [0.3, 0.4) is 0 Å². The number of hydrogen-bond acceptors (Lipinski definition) is 7. The Hall–Kier alpha value is -2.35. The van der Waals surface area contributed by atoms with Crippen molar-refractivity contribution in [2.75, 3.05) is 21.3 Å². The van der Waals surface area contributed by atoms with Gasteiger partial charge in [-0.15, -0.1) is 0 Å². The van der Waals surface area contributed by atoms with Crippen LogP contribution < -0.4 is 9.47 Å². The molecule has 1 aromatic carbocycles. The van der Waals surface area contributed by atoms with E-state index in [1.807, 2.05) is 0 Å². The van der Waals surface area contributed by atoms with Crippen LogP contribution in [0.15, 0.2) is 18.2 Å². The van der Waals surface area contributed by atoms with Crippen molar-refractivity contribution in [3.8, 4) is 11.5 Å². The molecule has 0 radical (unpaired) electrons. The van der Waals surface area contributed by atoms with Gasteiger partial charge in [-0.3, -0.25) is 10.1 Å². The average Bonchev–Trinajstić information content (AvgIpc) is 2.43. The lowest BCUT2D eigenvalue weighted by molar-refractivity contribution is -0.386. The molecular formula is C11H13NO7. The molecule has 0 N–H and O–H groups in total. The van der Waals surface area contributed by atoms with Gasteiger partial charge in [-0.05, 0) is 6.07 Å². The van der Waals surface area contributed by atoms with E-state index in [0.29, 0.717) is 5.75 Å². The minimum Gasteiger partial charge on any atom is -0.497 e. The van der Waals surface area contributed by atoms with Crippen molar-refractivity contribution in [3.05, 3.63) is 28.3 Å². The van der Waals surface area contributed by atoms with E-state index in [-0.39, 0.29) is 11.4 Å². The fraction of sp³-hybridized carbons (Fsp3) is 0.364. The number of ether oxygens (including phenoxy) is 4. The number of nitro groups is 1. The summed E-state index contributed by atoms with van der Waals surface area (Å²) in [6, 6.07) is 3.90. The second-order valence-corrected chi connectivity index (χ2v) is 3.30. The Morgan fingerprint density at radius 1 is 1.32 bits per heavy atom. The topological polar surface area (TPSA) is 97.1 Å². The predicted octanol–water partition coefficient (Wildman–Crippen LogP) is 1.13. The van der Waals surface area contributed by atoms with Crippen molar-refractivity contribution in [1.29, 1.82) is 0 Å². The highest BCUT2D eigenvalue weighted by atomic mass is 16.7. The van der Waals surface area contributed by atoms with Gasteiger partial charge in [0.1, 0.15) is 5.75 Å². The predicted molar refractivity (Wildman–Crippen MR) is 63.1 cm³/mol. The first-order valence-corrected chi connectivity index (χ1v) is 5.13. The molecule has 19 heavy (non-hydrogen) atoms. The number of carbonyl (C=O) groups is 1. The lowest BCUT2D eigenvalue weighted by Gasteiger charge is -2.15. The molecule has 8 heteroatoms. The molecular weight excluding hydrogens is 258 g/mol. The molecule has 0 bridgehead atoms. The smallest absolute Gasteiger partial charge is 0.376 e. The Labute approximate surface area is 109 Å². The molecule has 0 unspecified atom stereocenters. The first kappa shape index (κ1) is 14.7. The number of hydrogen-bond donors (Lipinski definition) is 0. The van der Waals surface area contributed by atoms with Gasteiger partial charge in [-0.25, -0.2) is 4.79 Å². The van der Waals surface area contributed by atoms with Crippen LogP contribution in [-0.4, -0.2) is 38.5 Å². The maximum absolute atomic E-state index is 11.3. The van der Waals surface area contributed by atoms with Crippen LogP contribution in [0.4, 0.5) is 5.69 Å². The Morgan fingerprint density at radius 2 is 2.00 bits per heavy atom. The molecule has 0 aliphatic heterocycles. The molecule has 0 spiro atoms. The molecule has 0 aliphatic rings. The van der Waals surface area contributed by atoms with E-state index in [1.54, 1.807) is 0 Å². The van der Waals surface area contributed by atoms with E-state index in [1.165, 1.54) is 32.4 Å². The molecule has 1 rings (SSSR count). The Morgan fingerprint density at radius 3 is 2.47 bits per heavy atom. The van der Waals surface area contributed by atoms with Gasteiger partial charge in [0, 0.05) is 19.2 Å². The minimum atomic E-state index is -1.39. The highest BCUT2D eigenvalue weighted by Crippen LogP contribution is 2.31. The molecule has 0 aromatic heterocycles. The van der Waals surface area contributed by atoms with E-state index in [4.69, 9.17) is 14.2 Å². The third-order valence-corrected chi connectivity index (χ3v) is 2.21. The van der Waals surface area contributed by atoms with E-state index >= 15 is 0 Å². The molecule has 0 heterocycles. The summed E-state index contributed by atoms with van der Waals surface area (Å²) in [4.78, 5) is 21.5. The van der Waals surface area contributed by atoms with Gasteiger partial charge < -0.3 is 18.9 Å². The number of benzene rings is 1. The number of rotatable bonds is 6. The third kappa shape index (κ3) is 3.55. The standard InChI is InChI=1S/C11H13NO7/c1-16-7-4-5-8(12(14)15)9(6-7)19-11(18-3)10(13)17-2/h4-6,11H,1-3H3/t11-/m0/s1. The molecule has 0 saturated carbocycles. The van der Waals surface area contributed by atoms with Crippen LogP contribution >= 0.6 is 0 Å². The SMILES string of the molecule is COC(=O)[C@@H](OC)Oc1cc(OC)ccc1[N+](=O)[O-]. The largest absolute Gasteiger partial charge is 0.497 e. The number of methoxy groups -OCH3 is 3. The summed E-state index contributed by atoms with van der Waals surface area (Å²) in [6.45, 7) is 0. The van der Waals surface area contributed by atoms with E-state index in [2.05, 4.69) is 4.74 Å². The van der Waals surface area contributed by atoms with Crippen molar-refractivity contribution >= 4 is 11.7 Å². The fourth-order valence-corrected chi connectivity index (χ4v) is 1.27. The monoisotopic (exact) mass is 271 g/mol. The number of nitrogens with zero attached hydrogens (tertiary/aromatic N) is 1. The maximum atomic E-state index is 11.3. The highest BCUT2D eigenvalue weighted by molar-refractivity contribution is 5.73. The van der Waals surface area contributed by atoms with Crippen LogP contribution in [0, 0.1) is 10.1 Å². The molecule has 0 amide bonds. The van der Waals surface area contributed by atoms with Gasteiger partial charge in [0.15, 0.2) is 0 Å². The third-order valence-electron chi connectivity index (χ3n) is 2.21. The summed E-state index contributed by atoms with van der Waals surface area (Å²) in [7, 11) is 3.77. The van der Waals surface area contributed by atoms with Crippen molar-refractivity contribution < 1.29 is 28.7 Å². The zero-order valence-corrected chi connectivity index (χ0v) is 10.6. The molecule has 0 saturated heterocycles. The van der Waals surface area contributed by atoms with Gasteiger partial charge in [0.2, 0.25) is 5.75 Å². The molecule has 1 atom stereocenters. The number of carbonyl (C=O) groups excluding carboxylic acids is 1. The minimum absolute atomic E-state index is 0.151. The van der Waals surface area contributed by atoms with Crippen molar-refractivity contribution in [1.82, 2.24) is 0 Å². The molecule has 104 valence electrons. The van der Waals surface area contributed by atoms with Gasteiger partial charge >= 0.3 is 11.7 Å². The molecule has 1 aromatic rings. The van der Waals surface area contributed by atoms with Crippen LogP contribution in [0.5, 0.6) is 11.5 Å². The normalized spacial score (nSPS) is 11.5. The summed E-state index contributed by atoms with van der Waals surface area (Å²) in [5.41, 5.74) is -0.313. The van der Waals surface area contributed by atoms with Crippen LogP contribution in [-0.2, 0) is 14.3 Å². The molecule has 8 nitrogen and oxygen atoms in total. The van der Waals surface area contributed by atoms with Crippen molar-refractivity contribution in [3.63, 3.8) is 0 Å². The van der Waals surface area contributed by atoms with Crippen molar-refractivity contribution in [2.45, 2.75) is 6.29 Å². The number of esters is 1. The summed E-state index contributed by atoms with van der Waals surface area (Å²) in [5.74, 6) is -0.610. The second kappa shape index (κ2) is 6.55. The Kier molecular flexibility index (Phi) is 5.07. The summed E-state index contributed by atoms with van der Waals surface area (Å²) in [6.07, 6.45) is -1.39. The Bertz CT molecular complexity index is 474. The first-order valence-electron chi connectivity index (χ1n) is 5.13. The second-order valence-electron chi connectivity index (χ2n) is 3.30.